The van der Waals surface area contributed by atoms with Gasteiger partial charge >= 0.3 is 0 Å². The molecule has 3 rings (SSSR count). The Bertz CT molecular complexity index is 728. The average Bonchev–Trinajstić information content (AvgIpc) is 3.10. The van der Waals surface area contributed by atoms with Crippen LogP contribution in [0.3, 0.4) is 0 Å². The number of hydrogen-bond donors (Lipinski definition) is 1. The van der Waals surface area contributed by atoms with E-state index >= 15 is 0 Å². The molecule has 1 aliphatic heterocycles. The van der Waals surface area contributed by atoms with Crippen molar-refractivity contribution in [2.24, 2.45) is 5.73 Å². The van der Waals surface area contributed by atoms with Crippen LogP contribution in [0, 0.1) is 6.92 Å². The van der Waals surface area contributed by atoms with Crippen molar-refractivity contribution in [3.63, 3.8) is 0 Å². The number of halogens is 2. The Kier molecular flexibility index (Phi) is 6.85. The first-order valence-electron chi connectivity index (χ1n) is 7.95. The summed E-state index contributed by atoms with van der Waals surface area (Å²) in [5.41, 5.74) is 8.32. The molecule has 6 heteroatoms. The number of rotatable bonds is 5. The minimum Gasteiger partial charge on any atom is -0.488 e. The number of benzene rings is 2. The molecule has 0 spiro atoms. The van der Waals surface area contributed by atoms with Gasteiger partial charge in [-0.15, -0.1) is 12.4 Å². The number of hydrogen-bond acceptors (Lipinski definition) is 4. The number of nitrogens with two attached hydrogens (primary N) is 1. The fourth-order valence-corrected chi connectivity index (χ4v) is 2.82. The third kappa shape index (κ3) is 4.73. The van der Waals surface area contributed by atoms with E-state index in [4.69, 9.17) is 26.8 Å². The van der Waals surface area contributed by atoms with E-state index in [1.54, 1.807) is 30.3 Å². The van der Waals surface area contributed by atoms with Crippen molar-refractivity contribution in [1.82, 2.24) is 0 Å². The van der Waals surface area contributed by atoms with Gasteiger partial charge in [0.25, 0.3) is 0 Å². The lowest BCUT2D eigenvalue weighted by Gasteiger charge is -2.14. The van der Waals surface area contributed by atoms with Gasteiger partial charge < -0.3 is 15.2 Å². The van der Waals surface area contributed by atoms with Crippen LogP contribution < -0.4 is 10.5 Å². The normalized spacial score (nSPS) is 17.6. The standard InChI is InChI=1S/C19H20ClNO3.ClH/c1-12-2-3-14(10-17(12)20)18(21)19(22)13-4-6-15(7-5-13)24-16-8-9-23-11-16;/h2-7,10,16,18H,8-9,11,21H2,1H3;1H. The molecule has 0 radical (unpaired) electrons. The predicted molar refractivity (Wildman–Crippen MR) is 101 cm³/mol. The second-order valence-electron chi connectivity index (χ2n) is 5.98. The van der Waals surface area contributed by atoms with E-state index in [2.05, 4.69) is 0 Å². The first-order chi connectivity index (χ1) is 11.5. The lowest BCUT2D eigenvalue weighted by molar-refractivity contribution is 0.0961. The van der Waals surface area contributed by atoms with E-state index in [9.17, 15) is 4.79 Å². The monoisotopic (exact) mass is 381 g/mol. The molecule has 134 valence electrons. The number of aryl methyl sites for hydroxylation is 1. The molecule has 0 saturated carbocycles. The summed E-state index contributed by atoms with van der Waals surface area (Å²) in [4.78, 5) is 12.6. The Labute approximate surface area is 158 Å². The molecule has 1 heterocycles. The van der Waals surface area contributed by atoms with Crippen molar-refractivity contribution >= 4 is 29.8 Å². The number of carbonyl (C=O) groups is 1. The molecule has 2 aromatic rings. The van der Waals surface area contributed by atoms with Crippen LogP contribution in [0.1, 0.15) is 33.9 Å². The maximum atomic E-state index is 12.6. The van der Waals surface area contributed by atoms with Gasteiger partial charge in [-0.25, -0.2) is 0 Å². The molecule has 25 heavy (non-hydrogen) atoms. The Morgan fingerprint density at radius 1 is 1.28 bits per heavy atom. The van der Waals surface area contributed by atoms with Crippen molar-refractivity contribution in [3.8, 4) is 5.75 Å². The zero-order valence-corrected chi connectivity index (χ0v) is 15.5. The van der Waals surface area contributed by atoms with E-state index in [1.807, 2.05) is 19.1 Å². The highest BCUT2D eigenvalue weighted by Gasteiger charge is 2.20. The van der Waals surface area contributed by atoms with Gasteiger partial charge in [0.1, 0.15) is 11.9 Å². The van der Waals surface area contributed by atoms with E-state index in [0.717, 1.165) is 24.3 Å². The van der Waals surface area contributed by atoms with E-state index in [0.29, 0.717) is 22.8 Å². The van der Waals surface area contributed by atoms with Gasteiger partial charge in [0.05, 0.1) is 19.3 Å². The number of carbonyl (C=O) groups excluding carboxylic acids is 1. The van der Waals surface area contributed by atoms with Crippen molar-refractivity contribution in [2.75, 3.05) is 13.2 Å². The lowest BCUT2D eigenvalue weighted by Crippen LogP contribution is -2.21. The van der Waals surface area contributed by atoms with Crippen LogP contribution in [0.5, 0.6) is 5.75 Å². The van der Waals surface area contributed by atoms with Gasteiger partial charge in [0.2, 0.25) is 0 Å². The molecular weight excluding hydrogens is 361 g/mol. The van der Waals surface area contributed by atoms with Crippen molar-refractivity contribution in [1.29, 1.82) is 0 Å². The summed E-state index contributed by atoms with van der Waals surface area (Å²) in [7, 11) is 0. The smallest absolute Gasteiger partial charge is 0.184 e. The summed E-state index contributed by atoms with van der Waals surface area (Å²) < 4.78 is 11.1. The van der Waals surface area contributed by atoms with Gasteiger partial charge in [0.15, 0.2) is 5.78 Å². The first-order valence-corrected chi connectivity index (χ1v) is 8.32. The van der Waals surface area contributed by atoms with Gasteiger partial charge in [-0.2, -0.15) is 0 Å². The second kappa shape index (κ2) is 8.68. The first kappa shape index (κ1) is 19.7. The van der Waals surface area contributed by atoms with Crippen molar-refractivity contribution in [2.45, 2.75) is 25.5 Å². The molecule has 2 N–H and O–H groups in total. The van der Waals surface area contributed by atoms with Crippen LogP contribution in [0.2, 0.25) is 5.02 Å². The fraction of sp³-hybridized carbons (Fsp3) is 0.316. The number of ketones is 1. The van der Waals surface area contributed by atoms with Crippen LogP contribution in [0.25, 0.3) is 0 Å². The minimum absolute atomic E-state index is 0. The van der Waals surface area contributed by atoms with Crippen LogP contribution in [0.4, 0.5) is 0 Å². The zero-order chi connectivity index (χ0) is 17.1. The summed E-state index contributed by atoms with van der Waals surface area (Å²) >= 11 is 6.12. The highest BCUT2D eigenvalue weighted by Crippen LogP contribution is 2.24. The number of Topliss-reactive ketones (excluding diaryl/α,β-unsaturated/α-hetero) is 1. The Morgan fingerprint density at radius 3 is 2.60 bits per heavy atom. The molecule has 0 amide bonds. The molecule has 2 aromatic carbocycles. The van der Waals surface area contributed by atoms with Gasteiger partial charge in [-0.3, -0.25) is 4.79 Å². The third-order valence-electron chi connectivity index (χ3n) is 4.17. The van der Waals surface area contributed by atoms with Crippen LogP contribution in [0.15, 0.2) is 42.5 Å². The molecule has 1 fully saturated rings. The molecule has 0 aliphatic carbocycles. The Hall–Kier alpha value is -1.59. The highest BCUT2D eigenvalue weighted by atomic mass is 35.5. The van der Waals surface area contributed by atoms with Gasteiger partial charge in [-0.1, -0.05) is 23.7 Å². The van der Waals surface area contributed by atoms with E-state index < -0.39 is 6.04 Å². The predicted octanol–water partition coefficient (Wildman–Crippen LogP) is 4.12. The second-order valence-corrected chi connectivity index (χ2v) is 6.39. The summed E-state index contributed by atoms with van der Waals surface area (Å²) in [6.45, 7) is 3.25. The molecule has 1 saturated heterocycles. The lowest BCUT2D eigenvalue weighted by atomic mass is 9.97. The van der Waals surface area contributed by atoms with Crippen molar-refractivity contribution in [3.05, 3.63) is 64.2 Å². The number of ether oxygens (including phenoxy) is 2. The SMILES string of the molecule is Cc1ccc(C(N)C(=O)c2ccc(OC3CCOC3)cc2)cc1Cl.Cl. The maximum absolute atomic E-state index is 12.6. The summed E-state index contributed by atoms with van der Waals surface area (Å²) in [6, 6.07) is 11.8. The molecule has 4 nitrogen and oxygen atoms in total. The van der Waals surface area contributed by atoms with Crippen molar-refractivity contribution < 1.29 is 14.3 Å². The quantitative estimate of drug-likeness (QED) is 0.791. The molecule has 0 bridgehead atoms. The third-order valence-corrected chi connectivity index (χ3v) is 4.57. The van der Waals surface area contributed by atoms with Gasteiger partial charge in [-0.05, 0) is 48.4 Å². The summed E-state index contributed by atoms with van der Waals surface area (Å²) in [6.07, 6.45) is 0.975. The van der Waals surface area contributed by atoms with Crippen LogP contribution >= 0.6 is 24.0 Å². The minimum atomic E-state index is -0.738. The zero-order valence-electron chi connectivity index (χ0n) is 13.9. The molecule has 2 unspecified atom stereocenters. The molecule has 1 aliphatic rings. The molecule has 2 atom stereocenters. The Morgan fingerprint density at radius 2 is 2.00 bits per heavy atom. The van der Waals surface area contributed by atoms with E-state index in [1.165, 1.54) is 0 Å². The Balaban J connectivity index is 0.00000225. The highest BCUT2D eigenvalue weighted by molar-refractivity contribution is 6.31. The topological polar surface area (TPSA) is 61.6 Å². The fourth-order valence-electron chi connectivity index (χ4n) is 2.63. The van der Waals surface area contributed by atoms with E-state index in [-0.39, 0.29) is 24.3 Å². The molecule has 0 aromatic heterocycles. The van der Waals surface area contributed by atoms with Crippen LogP contribution in [-0.4, -0.2) is 25.1 Å². The van der Waals surface area contributed by atoms with Gasteiger partial charge in [0, 0.05) is 17.0 Å². The summed E-state index contributed by atoms with van der Waals surface area (Å²) in [5, 5.41) is 0.610. The maximum Gasteiger partial charge on any atom is 0.184 e. The van der Waals surface area contributed by atoms with Crippen LogP contribution in [-0.2, 0) is 4.74 Å². The largest absolute Gasteiger partial charge is 0.488 e. The molecular formula is C19H21Cl2NO3. The average molecular weight is 382 g/mol. The summed E-state index contributed by atoms with van der Waals surface area (Å²) in [5.74, 6) is 0.583.